The van der Waals surface area contributed by atoms with Gasteiger partial charge in [0.05, 0.1) is 5.02 Å². The van der Waals surface area contributed by atoms with Gasteiger partial charge < -0.3 is 4.74 Å². The molecule has 3 nitrogen and oxygen atoms in total. The highest BCUT2D eigenvalue weighted by molar-refractivity contribution is 7.98. The van der Waals surface area contributed by atoms with Crippen molar-refractivity contribution in [3.8, 4) is 11.6 Å². The van der Waals surface area contributed by atoms with Crippen LogP contribution in [-0.2, 0) is 11.9 Å². The molecule has 9 heteroatoms. The van der Waals surface area contributed by atoms with Crippen molar-refractivity contribution in [3.05, 3.63) is 75.9 Å². The second-order valence-electron chi connectivity index (χ2n) is 5.32. The fourth-order valence-corrected chi connectivity index (χ4v) is 3.26. The molecule has 0 atom stereocenters. The number of hydrogen-bond acceptors (Lipinski definition) is 4. The van der Waals surface area contributed by atoms with Gasteiger partial charge in [0.25, 0.3) is 0 Å². The van der Waals surface area contributed by atoms with Crippen LogP contribution in [0.5, 0.6) is 11.6 Å². The Morgan fingerprint density at radius 1 is 0.963 bits per heavy atom. The van der Waals surface area contributed by atoms with Gasteiger partial charge in [-0.25, -0.2) is 4.98 Å². The number of ether oxygens (including phenoxy) is 1. The van der Waals surface area contributed by atoms with Crippen molar-refractivity contribution in [2.24, 2.45) is 0 Å². The first-order valence-corrected chi connectivity index (χ1v) is 9.31. The van der Waals surface area contributed by atoms with Crippen LogP contribution in [0.3, 0.4) is 0 Å². The first kappa shape index (κ1) is 19.8. The lowest BCUT2D eigenvalue weighted by Crippen LogP contribution is -2.10. The van der Waals surface area contributed by atoms with Crippen LogP contribution in [0.1, 0.15) is 11.3 Å². The van der Waals surface area contributed by atoms with E-state index >= 15 is 0 Å². The molecule has 0 saturated heterocycles. The molecule has 0 amide bonds. The van der Waals surface area contributed by atoms with Crippen LogP contribution < -0.4 is 4.74 Å². The summed E-state index contributed by atoms with van der Waals surface area (Å²) in [6.45, 7) is 0. The molecule has 2 aromatic carbocycles. The third-order valence-corrected chi connectivity index (χ3v) is 4.75. The summed E-state index contributed by atoms with van der Waals surface area (Å²) >= 11 is 13.0. The van der Waals surface area contributed by atoms with Crippen LogP contribution in [0.2, 0.25) is 10.0 Å². The van der Waals surface area contributed by atoms with Gasteiger partial charge in [-0.05, 0) is 29.8 Å². The first-order chi connectivity index (χ1) is 12.8. The molecule has 0 radical (unpaired) electrons. The topological polar surface area (TPSA) is 35.0 Å². The third-order valence-electron chi connectivity index (χ3n) is 3.28. The number of hydrogen-bond donors (Lipinski definition) is 0. The molecule has 3 rings (SSSR count). The van der Waals surface area contributed by atoms with Crippen LogP contribution in [0.4, 0.5) is 13.2 Å². The van der Waals surface area contributed by atoms with Crippen molar-refractivity contribution in [2.75, 3.05) is 0 Å². The molecule has 0 saturated carbocycles. The van der Waals surface area contributed by atoms with E-state index in [-0.39, 0.29) is 21.8 Å². The highest BCUT2D eigenvalue weighted by Crippen LogP contribution is 2.34. The molecule has 1 aromatic heterocycles. The average molecular weight is 431 g/mol. The SMILES string of the molecule is FC(F)(F)c1cc(Oc2ccccc2Cl)nc(SCc2cccc(Cl)c2)n1. The standard InChI is InChI=1S/C18H11Cl2F3N2OS/c19-12-5-3-4-11(8-12)10-27-17-24-15(18(21,22)23)9-16(25-17)26-14-7-2-1-6-13(14)20/h1-9H,10H2. The van der Waals surface area contributed by atoms with Crippen LogP contribution in [-0.4, -0.2) is 9.97 Å². The molecule has 0 N–H and O–H groups in total. The highest BCUT2D eigenvalue weighted by atomic mass is 35.5. The maximum absolute atomic E-state index is 13.2. The molecule has 3 aromatic rings. The van der Waals surface area contributed by atoms with Crippen LogP contribution in [0.15, 0.2) is 59.8 Å². The quantitative estimate of drug-likeness (QED) is 0.326. The Morgan fingerprint density at radius 2 is 1.74 bits per heavy atom. The molecule has 0 fully saturated rings. The summed E-state index contributed by atoms with van der Waals surface area (Å²) in [6, 6.07) is 14.2. The van der Waals surface area contributed by atoms with E-state index in [4.69, 9.17) is 27.9 Å². The zero-order chi connectivity index (χ0) is 19.4. The zero-order valence-electron chi connectivity index (χ0n) is 13.5. The number of aromatic nitrogens is 2. The van der Waals surface area contributed by atoms with E-state index < -0.39 is 11.9 Å². The Kier molecular flexibility index (Phi) is 6.14. The molecular formula is C18H11Cl2F3N2OS. The number of nitrogens with zero attached hydrogens (tertiary/aromatic N) is 2. The zero-order valence-corrected chi connectivity index (χ0v) is 15.8. The monoisotopic (exact) mass is 430 g/mol. The number of benzene rings is 2. The summed E-state index contributed by atoms with van der Waals surface area (Å²) in [5.41, 5.74) is -0.254. The molecule has 0 aliphatic heterocycles. The van der Waals surface area contributed by atoms with Gasteiger partial charge in [0.1, 0.15) is 5.75 Å². The van der Waals surface area contributed by atoms with Gasteiger partial charge >= 0.3 is 6.18 Å². The van der Waals surface area contributed by atoms with Crippen molar-refractivity contribution in [3.63, 3.8) is 0 Å². The van der Waals surface area contributed by atoms with Gasteiger partial charge in [0, 0.05) is 16.8 Å². The minimum absolute atomic E-state index is 0.0631. The maximum Gasteiger partial charge on any atom is 0.433 e. The summed E-state index contributed by atoms with van der Waals surface area (Å²) < 4.78 is 45.0. The molecule has 140 valence electrons. The van der Waals surface area contributed by atoms with E-state index in [1.54, 1.807) is 36.4 Å². The highest BCUT2D eigenvalue weighted by Gasteiger charge is 2.34. The number of thioether (sulfide) groups is 1. The lowest BCUT2D eigenvalue weighted by molar-refractivity contribution is -0.141. The number of alkyl halides is 3. The van der Waals surface area contributed by atoms with Gasteiger partial charge in [0.15, 0.2) is 10.9 Å². The molecule has 0 spiro atoms. The maximum atomic E-state index is 13.2. The van der Waals surface area contributed by atoms with Crippen LogP contribution >= 0.6 is 35.0 Å². The van der Waals surface area contributed by atoms with E-state index in [0.29, 0.717) is 10.8 Å². The Hall–Kier alpha value is -1.96. The molecule has 0 bridgehead atoms. The van der Waals surface area contributed by atoms with Crippen LogP contribution in [0, 0.1) is 0 Å². The normalized spacial score (nSPS) is 11.4. The van der Waals surface area contributed by atoms with E-state index in [9.17, 15) is 13.2 Å². The van der Waals surface area contributed by atoms with Crippen molar-refractivity contribution in [2.45, 2.75) is 17.1 Å². The van der Waals surface area contributed by atoms with Gasteiger partial charge in [-0.3, -0.25) is 0 Å². The van der Waals surface area contributed by atoms with Crippen molar-refractivity contribution in [1.82, 2.24) is 9.97 Å². The first-order valence-electron chi connectivity index (χ1n) is 7.57. The lowest BCUT2D eigenvalue weighted by atomic mass is 10.2. The number of rotatable bonds is 5. The molecule has 0 aliphatic rings. The Balaban J connectivity index is 1.87. The Morgan fingerprint density at radius 3 is 2.44 bits per heavy atom. The van der Waals surface area contributed by atoms with Crippen molar-refractivity contribution >= 4 is 35.0 Å². The lowest BCUT2D eigenvalue weighted by Gasteiger charge is -2.11. The van der Waals surface area contributed by atoms with E-state index in [1.165, 1.54) is 6.07 Å². The summed E-state index contributed by atoms with van der Waals surface area (Å²) in [4.78, 5) is 7.65. The predicted molar refractivity (Wildman–Crippen MR) is 99.6 cm³/mol. The van der Waals surface area contributed by atoms with Gasteiger partial charge in [-0.1, -0.05) is 59.2 Å². The Bertz CT molecular complexity index is 954. The molecule has 0 aliphatic carbocycles. The van der Waals surface area contributed by atoms with E-state index in [0.717, 1.165) is 23.4 Å². The molecule has 27 heavy (non-hydrogen) atoms. The summed E-state index contributed by atoms with van der Waals surface area (Å²) in [6.07, 6.45) is -4.63. The van der Waals surface area contributed by atoms with Crippen molar-refractivity contribution in [1.29, 1.82) is 0 Å². The third kappa shape index (κ3) is 5.51. The minimum Gasteiger partial charge on any atom is -0.437 e. The largest absolute Gasteiger partial charge is 0.437 e. The number of para-hydroxylation sites is 1. The fourth-order valence-electron chi connectivity index (χ4n) is 2.08. The summed E-state index contributed by atoms with van der Waals surface area (Å²) in [5, 5.41) is 0.741. The minimum atomic E-state index is -4.63. The summed E-state index contributed by atoms with van der Waals surface area (Å²) in [7, 11) is 0. The van der Waals surface area contributed by atoms with E-state index in [2.05, 4.69) is 9.97 Å². The second-order valence-corrected chi connectivity index (χ2v) is 7.11. The predicted octanol–water partition coefficient (Wildman–Crippen LogP) is 6.89. The van der Waals surface area contributed by atoms with Gasteiger partial charge in [-0.15, -0.1) is 0 Å². The van der Waals surface area contributed by atoms with Crippen LogP contribution in [0.25, 0.3) is 0 Å². The number of halogens is 5. The average Bonchev–Trinajstić information content (AvgIpc) is 2.61. The Labute approximate surface area is 167 Å². The molecular weight excluding hydrogens is 420 g/mol. The molecule has 0 unspecified atom stereocenters. The van der Waals surface area contributed by atoms with Crippen molar-refractivity contribution < 1.29 is 17.9 Å². The second kappa shape index (κ2) is 8.37. The summed E-state index contributed by atoms with van der Waals surface area (Å²) in [5.74, 6) is 0.323. The fraction of sp³-hybridized carbons (Fsp3) is 0.111. The van der Waals surface area contributed by atoms with Gasteiger partial charge in [0.2, 0.25) is 5.88 Å². The van der Waals surface area contributed by atoms with Gasteiger partial charge in [-0.2, -0.15) is 18.2 Å². The van der Waals surface area contributed by atoms with E-state index in [1.807, 2.05) is 6.07 Å². The molecule has 1 heterocycles. The smallest absolute Gasteiger partial charge is 0.433 e.